The molecule has 0 radical (unpaired) electrons. The molecule has 1 N–H and O–H groups in total. The SMILES string of the molecule is C1=CNC(c2ccccc2)N=C1. The molecule has 1 heterocycles. The second kappa shape index (κ2) is 3.22. The molecule has 0 amide bonds. The molecule has 12 heavy (non-hydrogen) atoms. The van der Waals surface area contributed by atoms with Crippen LogP contribution in [0.5, 0.6) is 0 Å². The van der Waals surface area contributed by atoms with Gasteiger partial charge in [-0.15, -0.1) is 0 Å². The predicted octanol–water partition coefficient (Wildman–Crippen LogP) is 1.87. The van der Waals surface area contributed by atoms with E-state index in [2.05, 4.69) is 22.4 Å². The van der Waals surface area contributed by atoms with E-state index >= 15 is 0 Å². The third-order valence-corrected chi connectivity index (χ3v) is 1.79. The van der Waals surface area contributed by atoms with Crippen LogP contribution in [0, 0.1) is 0 Å². The van der Waals surface area contributed by atoms with Gasteiger partial charge in [0.25, 0.3) is 0 Å². The summed E-state index contributed by atoms with van der Waals surface area (Å²) in [6, 6.07) is 10.2. The first kappa shape index (κ1) is 7.10. The Bertz CT molecular complexity index is 301. The molecular formula is C10H10N2. The van der Waals surface area contributed by atoms with E-state index in [9.17, 15) is 0 Å². The van der Waals surface area contributed by atoms with Gasteiger partial charge in [0.15, 0.2) is 0 Å². The molecule has 0 saturated carbocycles. The van der Waals surface area contributed by atoms with Crippen LogP contribution in [0.4, 0.5) is 0 Å². The Hall–Kier alpha value is -1.57. The summed E-state index contributed by atoms with van der Waals surface area (Å²) in [7, 11) is 0. The highest BCUT2D eigenvalue weighted by Crippen LogP contribution is 2.14. The van der Waals surface area contributed by atoms with Crippen LogP contribution in [0.15, 0.2) is 47.6 Å². The molecule has 0 fully saturated rings. The number of hydrogen-bond donors (Lipinski definition) is 1. The van der Waals surface area contributed by atoms with Gasteiger partial charge < -0.3 is 5.32 Å². The van der Waals surface area contributed by atoms with Crippen molar-refractivity contribution < 1.29 is 0 Å². The van der Waals surface area contributed by atoms with E-state index in [1.54, 1.807) is 0 Å². The van der Waals surface area contributed by atoms with Gasteiger partial charge in [-0.25, -0.2) is 0 Å². The monoisotopic (exact) mass is 158 g/mol. The average molecular weight is 158 g/mol. The van der Waals surface area contributed by atoms with Crippen LogP contribution in [0.3, 0.4) is 0 Å². The Morgan fingerprint density at radius 2 is 2.00 bits per heavy atom. The number of nitrogens with zero attached hydrogens (tertiary/aromatic N) is 1. The summed E-state index contributed by atoms with van der Waals surface area (Å²) in [5, 5.41) is 3.16. The molecule has 0 spiro atoms. The van der Waals surface area contributed by atoms with Gasteiger partial charge in [-0.1, -0.05) is 30.3 Å². The third-order valence-electron chi connectivity index (χ3n) is 1.79. The fraction of sp³-hybridized carbons (Fsp3) is 0.100. The topological polar surface area (TPSA) is 24.4 Å². The van der Waals surface area contributed by atoms with E-state index in [4.69, 9.17) is 0 Å². The molecule has 2 rings (SSSR count). The summed E-state index contributed by atoms with van der Waals surface area (Å²) < 4.78 is 0. The normalized spacial score (nSPS) is 20.5. The van der Waals surface area contributed by atoms with Crippen molar-refractivity contribution in [2.24, 2.45) is 4.99 Å². The molecule has 60 valence electrons. The second-order valence-electron chi connectivity index (χ2n) is 2.64. The van der Waals surface area contributed by atoms with Crippen LogP contribution in [-0.2, 0) is 0 Å². The van der Waals surface area contributed by atoms with Gasteiger partial charge in [0.1, 0.15) is 6.17 Å². The van der Waals surface area contributed by atoms with E-state index in [-0.39, 0.29) is 6.17 Å². The van der Waals surface area contributed by atoms with Crippen molar-refractivity contribution in [2.45, 2.75) is 6.17 Å². The Kier molecular flexibility index (Phi) is 1.90. The highest BCUT2D eigenvalue weighted by Gasteiger charge is 2.05. The first-order valence-corrected chi connectivity index (χ1v) is 3.96. The van der Waals surface area contributed by atoms with Crippen molar-refractivity contribution in [3.63, 3.8) is 0 Å². The summed E-state index contributed by atoms with van der Waals surface area (Å²) >= 11 is 0. The van der Waals surface area contributed by atoms with Gasteiger partial charge in [-0.3, -0.25) is 4.99 Å². The Morgan fingerprint density at radius 3 is 2.67 bits per heavy atom. The maximum absolute atomic E-state index is 4.28. The standard InChI is InChI=1S/C10H10N2/c1-2-5-9(6-3-1)10-11-7-4-8-12-10/h1-8,10-11H. The van der Waals surface area contributed by atoms with Crippen molar-refractivity contribution in [3.05, 3.63) is 48.2 Å². The molecule has 0 aliphatic carbocycles. The van der Waals surface area contributed by atoms with Crippen LogP contribution in [0.1, 0.15) is 11.7 Å². The fourth-order valence-electron chi connectivity index (χ4n) is 1.19. The van der Waals surface area contributed by atoms with Crippen LogP contribution < -0.4 is 5.32 Å². The minimum Gasteiger partial charge on any atom is -0.366 e. The van der Waals surface area contributed by atoms with E-state index in [1.165, 1.54) is 5.56 Å². The number of rotatable bonds is 1. The second-order valence-corrected chi connectivity index (χ2v) is 2.64. The van der Waals surface area contributed by atoms with Gasteiger partial charge in [-0.2, -0.15) is 0 Å². The summed E-state index contributed by atoms with van der Waals surface area (Å²) in [6.45, 7) is 0. The predicted molar refractivity (Wildman–Crippen MR) is 50.0 cm³/mol. The zero-order valence-electron chi connectivity index (χ0n) is 6.64. The van der Waals surface area contributed by atoms with Gasteiger partial charge in [0.05, 0.1) is 0 Å². The Labute approximate surface area is 71.6 Å². The van der Waals surface area contributed by atoms with Crippen molar-refractivity contribution in [2.75, 3.05) is 0 Å². The summed E-state index contributed by atoms with van der Waals surface area (Å²) in [5.74, 6) is 0. The fourth-order valence-corrected chi connectivity index (χ4v) is 1.19. The quantitative estimate of drug-likeness (QED) is 0.663. The maximum atomic E-state index is 4.28. The van der Waals surface area contributed by atoms with Gasteiger partial charge in [0.2, 0.25) is 0 Å². The molecule has 1 aromatic rings. The number of aliphatic imine (C=N–C) groups is 1. The highest BCUT2D eigenvalue weighted by atomic mass is 15.1. The van der Waals surface area contributed by atoms with Crippen molar-refractivity contribution in [1.29, 1.82) is 0 Å². The maximum Gasteiger partial charge on any atom is 0.144 e. The Balaban J connectivity index is 2.21. The van der Waals surface area contributed by atoms with E-state index < -0.39 is 0 Å². The minimum atomic E-state index is 0.0937. The summed E-state index contributed by atoms with van der Waals surface area (Å²) in [5.41, 5.74) is 1.19. The highest BCUT2D eigenvalue weighted by molar-refractivity contribution is 5.72. The minimum absolute atomic E-state index is 0.0937. The van der Waals surface area contributed by atoms with Crippen molar-refractivity contribution in [3.8, 4) is 0 Å². The number of benzene rings is 1. The zero-order valence-corrected chi connectivity index (χ0v) is 6.64. The van der Waals surface area contributed by atoms with Gasteiger partial charge in [0, 0.05) is 6.21 Å². The first-order chi connectivity index (χ1) is 5.97. The molecule has 0 aromatic heterocycles. The molecule has 1 unspecified atom stereocenters. The lowest BCUT2D eigenvalue weighted by Crippen LogP contribution is -2.15. The summed E-state index contributed by atoms with van der Waals surface area (Å²) in [6.07, 6.45) is 5.70. The zero-order chi connectivity index (χ0) is 8.23. The smallest absolute Gasteiger partial charge is 0.144 e. The Morgan fingerprint density at radius 1 is 1.17 bits per heavy atom. The third kappa shape index (κ3) is 1.37. The molecule has 1 aromatic carbocycles. The molecule has 0 saturated heterocycles. The lowest BCUT2D eigenvalue weighted by molar-refractivity contribution is 0.653. The molecule has 2 nitrogen and oxygen atoms in total. The van der Waals surface area contributed by atoms with E-state index in [1.807, 2.05) is 36.7 Å². The van der Waals surface area contributed by atoms with Crippen molar-refractivity contribution in [1.82, 2.24) is 5.32 Å². The molecule has 1 aliphatic rings. The molecule has 0 bridgehead atoms. The average Bonchev–Trinajstić information content (AvgIpc) is 2.21. The van der Waals surface area contributed by atoms with E-state index in [0.717, 1.165) is 0 Å². The number of allylic oxidation sites excluding steroid dienone is 1. The van der Waals surface area contributed by atoms with Crippen LogP contribution in [-0.4, -0.2) is 6.21 Å². The molecule has 2 heteroatoms. The van der Waals surface area contributed by atoms with Crippen molar-refractivity contribution >= 4 is 6.21 Å². The van der Waals surface area contributed by atoms with Crippen LogP contribution >= 0.6 is 0 Å². The largest absolute Gasteiger partial charge is 0.366 e. The number of hydrogen-bond acceptors (Lipinski definition) is 2. The van der Waals surface area contributed by atoms with Gasteiger partial charge >= 0.3 is 0 Å². The van der Waals surface area contributed by atoms with Crippen LogP contribution in [0.2, 0.25) is 0 Å². The van der Waals surface area contributed by atoms with E-state index in [0.29, 0.717) is 0 Å². The molecule has 1 aliphatic heterocycles. The number of nitrogens with one attached hydrogen (secondary N) is 1. The van der Waals surface area contributed by atoms with Gasteiger partial charge in [-0.05, 0) is 17.8 Å². The molecular weight excluding hydrogens is 148 g/mol. The molecule has 1 atom stereocenters. The summed E-state index contributed by atoms with van der Waals surface area (Å²) in [4.78, 5) is 4.28. The lowest BCUT2D eigenvalue weighted by Gasteiger charge is -2.14. The lowest BCUT2D eigenvalue weighted by atomic mass is 10.2. The van der Waals surface area contributed by atoms with Crippen LogP contribution in [0.25, 0.3) is 0 Å². The first-order valence-electron chi connectivity index (χ1n) is 3.96.